The summed E-state index contributed by atoms with van der Waals surface area (Å²) in [4.78, 5) is 8.29. The van der Waals surface area contributed by atoms with Crippen LogP contribution in [0.3, 0.4) is 0 Å². The number of aromatic nitrogens is 3. The monoisotopic (exact) mass is 434 g/mol. The molecule has 0 aromatic carbocycles. The number of nitrogens with one attached hydrogen (secondary N) is 2. The number of hydrogen-bond donors (Lipinski definition) is 2. The average Bonchev–Trinajstić information content (AvgIpc) is 3.11. The average molecular weight is 434 g/mol. The van der Waals surface area contributed by atoms with Gasteiger partial charge in [-0.1, -0.05) is 24.2 Å². The van der Waals surface area contributed by atoms with E-state index in [-0.39, 0.29) is 24.0 Å². The van der Waals surface area contributed by atoms with Crippen LogP contribution in [0.25, 0.3) is 0 Å². The van der Waals surface area contributed by atoms with Crippen molar-refractivity contribution < 1.29 is 9.05 Å². The van der Waals surface area contributed by atoms with Gasteiger partial charge in [0.05, 0.1) is 12.2 Å². The zero-order valence-corrected chi connectivity index (χ0v) is 16.1. The van der Waals surface area contributed by atoms with Gasteiger partial charge in [-0.15, -0.1) is 24.0 Å². The molecule has 0 unspecified atom stereocenters. The largest absolute Gasteiger partial charge is 0.359 e. The zero-order chi connectivity index (χ0) is 15.9. The number of halogens is 1. The Kier molecular flexibility index (Phi) is 8.00. The Morgan fingerprint density at radius 2 is 2.04 bits per heavy atom. The summed E-state index contributed by atoms with van der Waals surface area (Å²) in [5, 5.41) is 14.1. The molecule has 0 amide bonds. The van der Waals surface area contributed by atoms with Crippen LogP contribution in [0.4, 0.5) is 0 Å². The highest BCUT2D eigenvalue weighted by atomic mass is 127. The standard InChI is InChI=1S/C14H22N6O2.HI/c1-9(2)12-7-11(21-20-12)8-17-14(15-4)16-6-5-13-18-10(3)19-22-13;/h7,9H,5-6,8H2,1-4H3,(H2,15,16,17);1H. The smallest absolute Gasteiger partial charge is 0.228 e. The van der Waals surface area contributed by atoms with Crippen molar-refractivity contribution in [3.8, 4) is 0 Å². The highest BCUT2D eigenvalue weighted by Gasteiger charge is 2.08. The molecular weight excluding hydrogens is 411 g/mol. The first-order chi connectivity index (χ1) is 10.6. The van der Waals surface area contributed by atoms with Gasteiger partial charge in [-0.25, -0.2) is 0 Å². The molecule has 0 radical (unpaired) electrons. The fraction of sp³-hybridized carbons (Fsp3) is 0.571. The molecule has 0 atom stereocenters. The first-order valence-corrected chi connectivity index (χ1v) is 7.27. The van der Waals surface area contributed by atoms with Crippen molar-refractivity contribution in [3.05, 3.63) is 29.2 Å². The summed E-state index contributed by atoms with van der Waals surface area (Å²) < 4.78 is 10.3. The van der Waals surface area contributed by atoms with Crippen molar-refractivity contribution in [3.63, 3.8) is 0 Å². The van der Waals surface area contributed by atoms with Crippen molar-refractivity contribution >= 4 is 29.9 Å². The second-order valence-electron chi connectivity index (χ2n) is 5.21. The van der Waals surface area contributed by atoms with Crippen LogP contribution in [0.15, 0.2) is 20.1 Å². The lowest BCUT2D eigenvalue weighted by molar-refractivity contribution is 0.370. The molecule has 2 aromatic heterocycles. The fourth-order valence-corrected chi connectivity index (χ4v) is 1.81. The molecule has 0 spiro atoms. The van der Waals surface area contributed by atoms with Crippen molar-refractivity contribution in [1.82, 2.24) is 25.9 Å². The first-order valence-electron chi connectivity index (χ1n) is 7.27. The van der Waals surface area contributed by atoms with Gasteiger partial charge in [0.2, 0.25) is 5.89 Å². The summed E-state index contributed by atoms with van der Waals surface area (Å²) in [5.74, 6) is 3.06. The number of hydrogen-bond acceptors (Lipinski definition) is 6. The SMILES string of the molecule is CN=C(NCCc1nc(C)no1)NCc1cc(C(C)C)no1.I. The Bertz CT molecular complexity index is 622. The lowest BCUT2D eigenvalue weighted by Gasteiger charge is -2.09. The van der Waals surface area contributed by atoms with Crippen LogP contribution in [0.2, 0.25) is 0 Å². The van der Waals surface area contributed by atoms with Crippen LogP contribution in [0, 0.1) is 6.92 Å². The van der Waals surface area contributed by atoms with E-state index >= 15 is 0 Å². The maximum absolute atomic E-state index is 5.27. The molecule has 0 saturated heterocycles. The maximum Gasteiger partial charge on any atom is 0.228 e. The predicted octanol–water partition coefficient (Wildman–Crippen LogP) is 2.02. The summed E-state index contributed by atoms with van der Waals surface area (Å²) in [6, 6.07) is 1.95. The number of guanidine groups is 1. The molecular formula is C14H23IN6O2. The van der Waals surface area contributed by atoms with E-state index < -0.39 is 0 Å². The summed E-state index contributed by atoms with van der Waals surface area (Å²) in [7, 11) is 1.71. The predicted molar refractivity (Wildman–Crippen MR) is 96.9 cm³/mol. The fourth-order valence-electron chi connectivity index (χ4n) is 1.81. The normalized spacial score (nSPS) is 11.4. The van der Waals surface area contributed by atoms with E-state index in [0.717, 1.165) is 11.5 Å². The maximum atomic E-state index is 5.27. The van der Waals surface area contributed by atoms with Crippen LogP contribution < -0.4 is 10.6 Å². The third-order valence-corrected chi connectivity index (χ3v) is 3.02. The molecule has 2 N–H and O–H groups in total. The van der Waals surface area contributed by atoms with Crippen LogP contribution in [-0.4, -0.2) is 34.8 Å². The second kappa shape index (κ2) is 9.48. The van der Waals surface area contributed by atoms with Crippen LogP contribution in [-0.2, 0) is 13.0 Å². The summed E-state index contributed by atoms with van der Waals surface area (Å²) >= 11 is 0. The van der Waals surface area contributed by atoms with E-state index in [1.165, 1.54) is 0 Å². The summed E-state index contributed by atoms with van der Waals surface area (Å²) in [6.07, 6.45) is 0.640. The third kappa shape index (κ3) is 6.16. The molecule has 0 saturated carbocycles. The molecule has 2 heterocycles. The van der Waals surface area contributed by atoms with Gasteiger partial charge in [0, 0.05) is 26.1 Å². The van der Waals surface area contributed by atoms with Crippen LogP contribution in [0.1, 0.15) is 42.9 Å². The van der Waals surface area contributed by atoms with Gasteiger partial charge in [0.1, 0.15) is 0 Å². The minimum absolute atomic E-state index is 0. The summed E-state index contributed by atoms with van der Waals surface area (Å²) in [6.45, 7) is 7.13. The van der Waals surface area contributed by atoms with E-state index in [1.807, 2.05) is 6.07 Å². The summed E-state index contributed by atoms with van der Waals surface area (Å²) in [5.41, 5.74) is 0.950. The van der Waals surface area contributed by atoms with Gasteiger partial charge >= 0.3 is 0 Å². The molecule has 0 aliphatic carbocycles. The van der Waals surface area contributed by atoms with E-state index in [1.54, 1.807) is 14.0 Å². The third-order valence-electron chi connectivity index (χ3n) is 3.02. The molecule has 128 valence electrons. The minimum Gasteiger partial charge on any atom is -0.359 e. The van der Waals surface area contributed by atoms with Gasteiger partial charge in [-0.3, -0.25) is 4.99 Å². The van der Waals surface area contributed by atoms with Crippen LogP contribution >= 0.6 is 24.0 Å². The molecule has 2 rings (SSSR count). The molecule has 0 aliphatic rings. The molecule has 2 aromatic rings. The molecule has 0 fully saturated rings. The molecule has 23 heavy (non-hydrogen) atoms. The first kappa shape index (κ1) is 19.4. The topological polar surface area (TPSA) is 101 Å². The number of aliphatic imine (C=N–C) groups is 1. The minimum atomic E-state index is 0. The van der Waals surface area contributed by atoms with Crippen molar-refractivity contribution in [2.24, 2.45) is 4.99 Å². The number of aryl methyl sites for hydroxylation is 1. The van der Waals surface area contributed by atoms with Gasteiger partial charge in [-0.2, -0.15) is 4.98 Å². The van der Waals surface area contributed by atoms with Crippen molar-refractivity contribution in [1.29, 1.82) is 0 Å². The Labute approximate surface area is 152 Å². The van der Waals surface area contributed by atoms with Crippen LogP contribution in [0.5, 0.6) is 0 Å². The van der Waals surface area contributed by atoms with E-state index in [4.69, 9.17) is 9.05 Å². The Hall–Kier alpha value is -1.65. The molecule has 8 nitrogen and oxygen atoms in total. The lowest BCUT2D eigenvalue weighted by atomic mass is 10.1. The van der Waals surface area contributed by atoms with Crippen molar-refractivity contribution in [2.75, 3.05) is 13.6 Å². The van der Waals surface area contributed by atoms with E-state index in [0.29, 0.717) is 43.1 Å². The quantitative estimate of drug-likeness (QED) is 0.408. The van der Waals surface area contributed by atoms with Gasteiger partial charge in [0.25, 0.3) is 0 Å². The van der Waals surface area contributed by atoms with E-state index in [9.17, 15) is 0 Å². The lowest BCUT2D eigenvalue weighted by Crippen LogP contribution is -2.37. The van der Waals surface area contributed by atoms with Gasteiger partial charge in [-0.05, 0) is 12.8 Å². The Balaban J connectivity index is 0.00000264. The second-order valence-corrected chi connectivity index (χ2v) is 5.21. The number of rotatable bonds is 6. The number of nitrogens with zero attached hydrogens (tertiary/aromatic N) is 4. The highest BCUT2D eigenvalue weighted by Crippen LogP contribution is 2.13. The van der Waals surface area contributed by atoms with Crippen molar-refractivity contribution in [2.45, 2.75) is 39.7 Å². The zero-order valence-electron chi connectivity index (χ0n) is 13.8. The highest BCUT2D eigenvalue weighted by molar-refractivity contribution is 14.0. The molecule has 9 heteroatoms. The van der Waals surface area contributed by atoms with Gasteiger partial charge < -0.3 is 19.7 Å². The molecule has 0 bridgehead atoms. The van der Waals surface area contributed by atoms with Gasteiger partial charge in [0.15, 0.2) is 17.5 Å². The Morgan fingerprint density at radius 1 is 1.26 bits per heavy atom. The molecule has 0 aliphatic heterocycles. The Morgan fingerprint density at radius 3 is 2.61 bits per heavy atom. The van der Waals surface area contributed by atoms with E-state index in [2.05, 4.69) is 44.8 Å².